The van der Waals surface area contributed by atoms with Gasteiger partial charge in [-0.05, 0) is 82.2 Å². The van der Waals surface area contributed by atoms with Crippen molar-refractivity contribution >= 4 is 76.4 Å². The highest BCUT2D eigenvalue weighted by Gasteiger charge is 2.18. The highest BCUT2D eigenvalue weighted by molar-refractivity contribution is 6.23. The number of oxazole rings is 1. The number of hydrogen-bond acceptors (Lipinski definition) is 3. The molecule has 10 rings (SSSR count). The number of rotatable bonds is 2. The van der Waals surface area contributed by atoms with Crippen LogP contribution in [0.2, 0.25) is 0 Å². The summed E-state index contributed by atoms with van der Waals surface area (Å²) in [6.45, 7) is 0. The molecule has 0 unspecified atom stereocenters. The lowest BCUT2D eigenvalue weighted by atomic mass is 10.0. The molecule has 7 aromatic carbocycles. The number of nitrogens with zero attached hydrogens (tertiary/aromatic N) is 2. The van der Waals surface area contributed by atoms with Crippen LogP contribution in [0.15, 0.2) is 142 Å². The van der Waals surface area contributed by atoms with Crippen LogP contribution in [0.25, 0.3) is 93.5 Å². The Hall–Kier alpha value is -5.87. The summed E-state index contributed by atoms with van der Waals surface area (Å²) in [6.07, 6.45) is 0. The van der Waals surface area contributed by atoms with Gasteiger partial charge in [-0.2, -0.15) is 0 Å². The minimum atomic E-state index is 0.596. The number of para-hydroxylation sites is 1. The first-order valence-electron chi connectivity index (χ1n) is 14.5. The number of aromatic nitrogens is 2. The Morgan fingerprint density at radius 3 is 2.09 bits per heavy atom. The topological polar surface area (TPSA) is 44.1 Å². The Bertz CT molecular complexity index is 2720. The Labute approximate surface area is 245 Å². The second kappa shape index (κ2) is 8.34. The summed E-state index contributed by atoms with van der Waals surface area (Å²) in [5.74, 6) is 0.596. The van der Waals surface area contributed by atoms with E-state index < -0.39 is 0 Å². The van der Waals surface area contributed by atoms with E-state index >= 15 is 0 Å². The van der Waals surface area contributed by atoms with Gasteiger partial charge in [0.15, 0.2) is 5.58 Å². The van der Waals surface area contributed by atoms with Gasteiger partial charge in [0.25, 0.3) is 0 Å². The van der Waals surface area contributed by atoms with Gasteiger partial charge >= 0.3 is 0 Å². The van der Waals surface area contributed by atoms with Gasteiger partial charge in [0.1, 0.15) is 16.7 Å². The number of hydrogen-bond donors (Lipinski definition) is 0. The summed E-state index contributed by atoms with van der Waals surface area (Å²) >= 11 is 0. The van der Waals surface area contributed by atoms with Crippen molar-refractivity contribution in [2.24, 2.45) is 0 Å². The van der Waals surface area contributed by atoms with Crippen molar-refractivity contribution in [2.75, 3.05) is 0 Å². The van der Waals surface area contributed by atoms with E-state index in [9.17, 15) is 0 Å². The minimum Gasteiger partial charge on any atom is -0.456 e. The number of benzene rings is 7. The maximum Gasteiger partial charge on any atom is 0.227 e. The Kier molecular flexibility index (Phi) is 4.42. The smallest absolute Gasteiger partial charge is 0.227 e. The van der Waals surface area contributed by atoms with Crippen molar-refractivity contribution in [2.45, 2.75) is 0 Å². The van der Waals surface area contributed by atoms with Crippen LogP contribution < -0.4 is 0 Å². The normalized spacial score (nSPS) is 12.2. The van der Waals surface area contributed by atoms with Gasteiger partial charge in [-0.25, -0.2) is 4.98 Å². The Balaban J connectivity index is 1.18. The van der Waals surface area contributed by atoms with Gasteiger partial charge in [-0.15, -0.1) is 0 Å². The zero-order valence-corrected chi connectivity index (χ0v) is 22.9. The molecular formula is C39H22N2O2. The van der Waals surface area contributed by atoms with Crippen molar-refractivity contribution in [3.05, 3.63) is 133 Å². The average Bonchev–Trinajstić information content (AvgIpc) is 3.75. The molecule has 0 radical (unpaired) electrons. The van der Waals surface area contributed by atoms with Crippen molar-refractivity contribution in [1.29, 1.82) is 0 Å². The molecule has 0 saturated heterocycles. The third kappa shape index (κ3) is 3.18. The van der Waals surface area contributed by atoms with Crippen molar-refractivity contribution < 1.29 is 8.83 Å². The quantitative estimate of drug-likeness (QED) is 0.215. The van der Waals surface area contributed by atoms with E-state index in [1.54, 1.807) is 0 Å². The van der Waals surface area contributed by atoms with E-state index in [-0.39, 0.29) is 0 Å². The van der Waals surface area contributed by atoms with Crippen molar-refractivity contribution in [3.63, 3.8) is 0 Å². The predicted octanol–water partition coefficient (Wildman–Crippen LogP) is 10.8. The van der Waals surface area contributed by atoms with E-state index in [1.807, 2.05) is 30.3 Å². The molecule has 0 aliphatic carbocycles. The van der Waals surface area contributed by atoms with Crippen LogP contribution in [0, 0.1) is 0 Å². The lowest BCUT2D eigenvalue weighted by Crippen LogP contribution is -1.94. The van der Waals surface area contributed by atoms with Crippen LogP contribution in [0.3, 0.4) is 0 Å². The van der Waals surface area contributed by atoms with E-state index in [0.717, 1.165) is 44.3 Å². The maximum absolute atomic E-state index is 6.42. The van der Waals surface area contributed by atoms with Crippen molar-refractivity contribution in [1.82, 2.24) is 9.55 Å². The Morgan fingerprint density at radius 1 is 0.488 bits per heavy atom. The molecule has 3 heterocycles. The van der Waals surface area contributed by atoms with E-state index in [1.165, 1.54) is 43.4 Å². The maximum atomic E-state index is 6.42. The molecule has 10 aromatic rings. The third-order valence-corrected chi connectivity index (χ3v) is 8.79. The zero-order chi connectivity index (χ0) is 28.1. The summed E-state index contributed by atoms with van der Waals surface area (Å²) in [5.41, 5.74) is 7.62. The third-order valence-electron chi connectivity index (χ3n) is 8.79. The summed E-state index contributed by atoms with van der Waals surface area (Å²) in [4.78, 5) is 4.86. The Morgan fingerprint density at radius 2 is 1.23 bits per heavy atom. The van der Waals surface area contributed by atoms with Gasteiger partial charge in [0.2, 0.25) is 5.89 Å². The van der Waals surface area contributed by atoms with Crippen LogP contribution in [0.5, 0.6) is 0 Å². The molecule has 0 N–H and O–H groups in total. The molecule has 0 spiro atoms. The first-order chi connectivity index (χ1) is 21.3. The summed E-state index contributed by atoms with van der Waals surface area (Å²) in [6, 6.07) is 46.9. The van der Waals surface area contributed by atoms with Gasteiger partial charge in [0, 0.05) is 27.4 Å². The lowest BCUT2D eigenvalue weighted by Gasteiger charge is -2.09. The van der Waals surface area contributed by atoms with Crippen molar-refractivity contribution in [3.8, 4) is 17.1 Å². The minimum absolute atomic E-state index is 0.596. The second-order valence-corrected chi connectivity index (χ2v) is 11.2. The zero-order valence-electron chi connectivity index (χ0n) is 22.9. The fourth-order valence-electron chi connectivity index (χ4n) is 6.82. The predicted molar refractivity (Wildman–Crippen MR) is 176 cm³/mol. The van der Waals surface area contributed by atoms with Crippen LogP contribution >= 0.6 is 0 Å². The molecule has 0 saturated carbocycles. The van der Waals surface area contributed by atoms with Gasteiger partial charge in [-0.1, -0.05) is 72.8 Å². The summed E-state index contributed by atoms with van der Waals surface area (Å²) in [5, 5.41) is 9.51. The molecule has 0 amide bonds. The number of furan rings is 1. The summed E-state index contributed by atoms with van der Waals surface area (Å²) in [7, 11) is 0. The highest BCUT2D eigenvalue weighted by atomic mass is 16.4. The van der Waals surface area contributed by atoms with Crippen LogP contribution in [0.1, 0.15) is 0 Å². The second-order valence-electron chi connectivity index (χ2n) is 11.2. The molecular weight excluding hydrogens is 528 g/mol. The first kappa shape index (κ1) is 22.8. The SMILES string of the molecule is c1ccc2cc3c(cc2c1)c1c2ccccc2ccc1n3-c1ccc(-c2nc3ccc4oc5ccccc5c4c3o2)cc1. The molecule has 0 atom stereocenters. The monoisotopic (exact) mass is 550 g/mol. The summed E-state index contributed by atoms with van der Waals surface area (Å²) < 4.78 is 14.9. The highest BCUT2D eigenvalue weighted by Crippen LogP contribution is 2.40. The first-order valence-corrected chi connectivity index (χ1v) is 14.5. The van der Waals surface area contributed by atoms with E-state index in [0.29, 0.717) is 5.89 Å². The molecule has 43 heavy (non-hydrogen) atoms. The fourth-order valence-corrected chi connectivity index (χ4v) is 6.82. The van der Waals surface area contributed by atoms with Crippen LogP contribution in [-0.4, -0.2) is 9.55 Å². The van der Waals surface area contributed by atoms with Gasteiger partial charge in [-0.3, -0.25) is 0 Å². The van der Waals surface area contributed by atoms with Gasteiger partial charge < -0.3 is 13.4 Å². The molecule has 0 bridgehead atoms. The lowest BCUT2D eigenvalue weighted by molar-refractivity contribution is 0.622. The largest absolute Gasteiger partial charge is 0.456 e. The molecule has 4 nitrogen and oxygen atoms in total. The van der Waals surface area contributed by atoms with Gasteiger partial charge in [0.05, 0.1) is 16.4 Å². The molecule has 0 aliphatic rings. The molecule has 0 aliphatic heterocycles. The van der Waals surface area contributed by atoms with E-state index in [4.69, 9.17) is 13.8 Å². The average molecular weight is 551 g/mol. The van der Waals surface area contributed by atoms with Crippen LogP contribution in [-0.2, 0) is 0 Å². The fraction of sp³-hybridized carbons (Fsp3) is 0. The molecule has 200 valence electrons. The number of fused-ring (bicyclic) bond motifs is 11. The van der Waals surface area contributed by atoms with E-state index in [2.05, 4.69) is 108 Å². The molecule has 4 heteroatoms. The molecule has 3 aromatic heterocycles. The standard InChI is InChI=1S/C39H22N2O2/c1-2-9-26-22-33-30(21-25(26)8-1)36-28-10-4-3-7-23(28)15-19-32(36)41(33)27-16-13-24(14-17-27)39-40-31-18-20-35-37(38(31)43-39)29-11-5-6-12-34(29)42-35/h1-22H. The van der Waals surface area contributed by atoms with Crippen LogP contribution in [0.4, 0.5) is 0 Å². The molecule has 0 fully saturated rings.